The number of imide groups is 1. The van der Waals surface area contributed by atoms with Gasteiger partial charge < -0.3 is 5.11 Å². The summed E-state index contributed by atoms with van der Waals surface area (Å²) in [4.78, 5) is 26.0. The normalized spacial score (nSPS) is 16.4. The summed E-state index contributed by atoms with van der Waals surface area (Å²) in [6.45, 7) is 0.194. The van der Waals surface area contributed by atoms with Gasteiger partial charge >= 0.3 is 0 Å². The van der Waals surface area contributed by atoms with Gasteiger partial charge in [-0.2, -0.15) is 0 Å². The Labute approximate surface area is 142 Å². The van der Waals surface area contributed by atoms with Gasteiger partial charge in [-0.15, -0.1) is 0 Å². The second-order valence-electron chi connectivity index (χ2n) is 4.95. The molecule has 1 heterocycles. The molecule has 2 aromatic carbocycles. The first kappa shape index (κ1) is 15.6. The number of halogens is 1. The lowest BCUT2D eigenvalue weighted by Crippen LogP contribution is -2.27. The van der Waals surface area contributed by atoms with Crippen LogP contribution in [0.3, 0.4) is 0 Å². The molecule has 4 nitrogen and oxygen atoms in total. The highest BCUT2D eigenvalue weighted by Crippen LogP contribution is 2.34. The zero-order chi connectivity index (χ0) is 16.4. The molecular formula is C17H12ClNO3S. The largest absolute Gasteiger partial charge is 0.507 e. The number of thioether (sulfide) groups is 1. The van der Waals surface area contributed by atoms with E-state index in [1.807, 2.05) is 0 Å². The van der Waals surface area contributed by atoms with Crippen molar-refractivity contribution in [1.29, 1.82) is 0 Å². The van der Waals surface area contributed by atoms with Crippen molar-refractivity contribution in [3.8, 4) is 5.75 Å². The number of nitrogens with zero attached hydrogens (tertiary/aromatic N) is 1. The van der Waals surface area contributed by atoms with Crippen LogP contribution >= 0.6 is 23.4 Å². The monoisotopic (exact) mass is 345 g/mol. The van der Waals surface area contributed by atoms with Gasteiger partial charge in [-0.25, -0.2) is 0 Å². The van der Waals surface area contributed by atoms with Gasteiger partial charge in [0.2, 0.25) is 0 Å². The van der Waals surface area contributed by atoms with Crippen molar-refractivity contribution < 1.29 is 14.7 Å². The maximum Gasteiger partial charge on any atom is 0.293 e. The number of phenolic OH excluding ortho intramolecular Hbond substituents is 1. The third-order valence-corrected chi connectivity index (χ3v) is 4.51. The molecule has 1 aliphatic heterocycles. The highest BCUT2D eigenvalue weighted by molar-refractivity contribution is 8.18. The Morgan fingerprint density at radius 2 is 1.78 bits per heavy atom. The van der Waals surface area contributed by atoms with E-state index in [4.69, 9.17) is 11.6 Å². The Balaban J connectivity index is 1.82. The number of amides is 2. The van der Waals surface area contributed by atoms with Gasteiger partial charge in [-0.1, -0.05) is 41.9 Å². The predicted octanol–water partition coefficient (Wildman–Crippen LogP) is 4.28. The molecule has 1 fully saturated rings. The maximum absolute atomic E-state index is 12.4. The van der Waals surface area contributed by atoms with E-state index in [0.717, 1.165) is 17.3 Å². The Hall–Kier alpha value is -2.24. The van der Waals surface area contributed by atoms with Gasteiger partial charge in [0.15, 0.2) is 0 Å². The van der Waals surface area contributed by atoms with Crippen molar-refractivity contribution >= 4 is 40.6 Å². The summed E-state index contributed by atoms with van der Waals surface area (Å²) >= 11 is 6.70. The molecule has 0 spiro atoms. The minimum Gasteiger partial charge on any atom is -0.507 e. The number of hydrogen-bond acceptors (Lipinski definition) is 4. The van der Waals surface area contributed by atoms with Gasteiger partial charge in [0, 0.05) is 10.6 Å². The predicted molar refractivity (Wildman–Crippen MR) is 91.1 cm³/mol. The zero-order valence-electron chi connectivity index (χ0n) is 11.9. The Kier molecular flexibility index (Phi) is 4.41. The van der Waals surface area contributed by atoms with Crippen LogP contribution in [0.2, 0.25) is 5.02 Å². The lowest BCUT2D eigenvalue weighted by Gasteiger charge is -2.12. The molecule has 2 aromatic rings. The topological polar surface area (TPSA) is 57.6 Å². The summed E-state index contributed by atoms with van der Waals surface area (Å²) in [5.74, 6) is -0.296. The molecule has 0 aromatic heterocycles. The molecule has 0 aliphatic carbocycles. The molecule has 23 heavy (non-hydrogen) atoms. The smallest absolute Gasteiger partial charge is 0.293 e. The van der Waals surface area contributed by atoms with Crippen LogP contribution in [0.4, 0.5) is 4.79 Å². The Morgan fingerprint density at radius 3 is 2.48 bits per heavy atom. The summed E-state index contributed by atoms with van der Waals surface area (Å²) in [5.41, 5.74) is 1.32. The van der Waals surface area contributed by atoms with Gasteiger partial charge in [-0.3, -0.25) is 14.5 Å². The number of carbonyl (C=O) groups is 2. The fraction of sp³-hybridized carbons (Fsp3) is 0.0588. The summed E-state index contributed by atoms with van der Waals surface area (Å²) in [6, 6.07) is 13.6. The lowest BCUT2D eigenvalue weighted by atomic mass is 10.2. The Bertz CT molecular complexity index is 802. The highest BCUT2D eigenvalue weighted by Gasteiger charge is 2.35. The Morgan fingerprint density at radius 1 is 1.09 bits per heavy atom. The maximum atomic E-state index is 12.4. The molecule has 0 atom stereocenters. The first-order valence-electron chi connectivity index (χ1n) is 6.82. The van der Waals surface area contributed by atoms with Crippen LogP contribution in [0.1, 0.15) is 11.1 Å². The van der Waals surface area contributed by atoms with Crippen molar-refractivity contribution in [3.63, 3.8) is 0 Å². The van der Waals surface area contributed by atoms with Crippen molar-refractivity contribution in [3.05, 3.63) is 69.6 Å². The van der Waals surface area contributed by atoms with E-state index in [1.54, 1.807) is 42.5 Å². The number of rotatable bonds is 3. The summed E-state index contributed by atoms with van der Waals surface area (Å²) < 4.78 is 0. The number of hydrogen-bond donors (Lipinski definition) is 1. The van der Waals surface area contributed by atoms with Crippen LogP contribution in [0.5, 0.6) is 5.75 Å². The molecule has 0 unspecified atom stereocenters. The van der Waals surface area contributed by atoms with Crippen LogP contribution in [0, 0.1) is 0 Å². The van der Waals surface area contributed by atoms with Crippen LogP contribution in [-0.2, 0) is 11.3 Å². The van der Waals surface area contributed by atoms with Gasteiger partial charge in [0.1, 0.15) is 5.75 Å². The van der Waals surface area contributed by atoms with Crippen molar-refractivity contribution in [2.45, 2.75) is 6.54 Å². The first-order chi connectivity index (χ1) is 11.0. The number of benzene rings is 2. The van der Waals surface area contributed by atoms with Crippen LogP contribution in [0.25, 0.3) is 6.08 Å². The number of para-hydroxylation sites is 1. The zero-order valence-corrected chi connectivity index (χ0v) is 13.5. The van der Waals surface area contributed by atoms with Crippen molar-refractivity contribution in [2.75, 3.05) is 0 Å². The summed E-state index contributed by atoms with van der Waals surface area (Å²) in [7, 11) is 0. The quantitative estimate of drug-likeness (QED) is 0.843. The molecule has 1 aliphatic rings. The highest BCUT2D eigenvalue weighted by atomic mass is 35.5. The summed E-state index contributed by atoms with van der Waals surface area (Å²) in [6.07, 6.45) is 1.53. The van der Waals surface area contributed by atoms with E-state index in [9.17, 15) is 14.7 Å². The third-order valence-electron chi connectivity index (χ3n) is 3.35. The molecule has 3 rings (SSSR count). The van der Waals surface area contributed by atoms with Crippen molar-refractivity contribution in [2.24, 2.45) is 0 Å². The fourth-order valence-corrected chi connectivity index (χ4v) is 3.11. The van der Waals surface area contributed by atoms with Crippen LogP contribution in [-0.4, -0.2) is 21.2 Å². The molecule has 116 valence electrons. The molecule has 1 N–H and O–H groups in total. The molecule has 6 heteroatoms. The summed E-state index contributed by atoms with van der Waals surface area (Å²) in [5, 5.41) is 10.0. The van der Waals surface area contributed by atoms with E-state index >= 15 is 0 Å². The van der Waals surface area contributed by atoms with E-state index in [1.165, 1.54) is 17.0 Å². The second-order valence-corrected chi connectivity index (χ2v) is 6.38. The molecule has 0 saturated carbocycles. The third kappa shape index (κ3) is 3.41. The number of phenols is 1. The van der Waals surface area contributed by atoms with E-state index in [-0.39, 0.29) is 23.4 Å². The molecule has 2 amide bonds. The fourth-order valence-electron chi connectivity index (χ4n) is 2.16. The second kappa shape index (κ2) is 6.48. The van der Waals surface area contributed by atoms with E-state index in [2.05, 4.69) is 0 Å². The van der Waals surface area contributed by atoms with Crippen molar-refractivity contribution in [1.82, 2.24) is 4.90 Å². The number of carbonyl (C=O) groups excluding carboxylic acids is 2. The SMILES string of the molecule is O=C1S/C(=C/c2ccccc2O)C(=O)N1Cc1ccc(Cl)cc1. The van der Waals surface area contributed by atoms with Crippen LogP contribution in [0.15, 0.2) is 53.4 Å². The minimum absolute atomic E-state index is 0.0667. The molecule has 0 bridgehead atoms. The molecule has 0 radical (unpaired) electrons. The molecule has 1 saturated heterocycles. The van der Waals surface area contributed by atoms with Gasteiger partial charge in [0.25, 0.3) is 11.1 Å². The average molecular weight is 346 g/mol. The average Bonchev–Trinajstić information content (AvgIpc) is 2.79. The van der Waals surface area contributed by atoms with E-state index in [0.29, 0.717) is 15.5 Å². The molecular weight excluding hydrogens is 334 g/mol. The lowest BCUT2D eigenvalue weighted by molar-refractivity contribution is -0.123. The standard InChI is InChI=1S/C17H12ClNO3S/c18-13-7-5-11(6-8-13)10-19-16(21)15(23-17(19)22)9-12-3-1-2-4-14(12)20/h1-9,20H,10H2/b15-9+. The minimum atomic E-state index is -0.363. The van der Waals surface area contributed by atoms with Gasteiger partial charge in [0.05, 0.1) is 11.4 Å². The number of aromatic hydroxyl groups is 1. The first-order valence-corrected chi connectivity index (χ1v) is 8.02. The van der Waals surface area contributed by atoms with Crippen LogP contribution < -0.4 is 0 Å². The van der Waals surface area contributed by atoms with E-state index < -0.39 is 0 Å². The van der Waals surface area contributed by atoms with Gasteiger partial charge in [-0.05, 0) is 41.6 Å².